The summed E-state index contributed by atoms with van der Waals surface area (Å²) in [6, 6.07) is 12.2. The van der Waals surface area contributed by atoms with Gasteiger partial charge in [0.2, 0.25) is 11.8 Å². The van der Waals surface area contributed by atoms with Gasteiger partial charge in [0.15, 0.2) is 0 Å². The third kappa shape index (κ3) is 5.19. The quantitative estimate of drug-likeness (QED) is 0.599. The topological polar surface area (TPSA) is 43.9 Å². The maximum Gasteiger partial charge on any atom is 0.416 e. The first kappa shape index (κ1) is 24.4. The van der Waals surface area contributed by atoms with Crippen molar-refractivity contribution in [3.63, 3.8) is 0 Å². The molecule has 5 nitrogen and oxygen atoms in total. The molecule has 2 aliphatic rings. The van der Waals surface area contributed by atoms with E-state index in [1.54, 1.807) is 30.3 Å². The number of hydrogen-bond donors (Lipinski definition) is 0. The van der Waals surface area contributed by atoms with Crippen LogP contribution in [0.25, 0.3) is 0 Å². The lowest BCUT2D eigenvalue weighted by Crippen LogP contribution is -2.51. The Bertz CT molecular complexity index is 994. The van der Waals surface area contributed by atoms with Gasteiger partial charge in [-0.1, -0.05) is 29.8 Å². The average Bonchev–Trinajstić information content (AvgIpc) is 3.02. The van der Waals surface area contributed by atoms with Gasteiger partial charge in [0, 0.05) is 43.3 Å². The summed E-state index contributed by atoms with van der Waals surface area (Å²) in [5.74, 6) is -1.000. The number of rotatable bonds is 4. The van der Waals surface area contributed by atoms with E-state index in [-0.39, 0.29) is 37.3 Å². The van der Waals surface area contributed by atoms with Gasteiger partial charge in [0.1, 0.15) is 0 Å². The normalized spacial score (nSPS) is 19.9. The summed E-state index contributed by atoms with van der Waals surface area (Å²) in [4.78, 5) is 30.4. The molecule has 0 bridgehead atoms. The fourth-order valence-corrected chi connectivity index (χ4v) is 4.24. The van der Waals surface area contributed by atoms with E-state index < -0.39 is 17.7 Å². The van der Waals surface area contributed by atoms with E-state index in [2.05, 4.69) is 0 Å². The molecule has 0 radical (unpaired) electrons. The highest BCUT2D eigenvalue weighted by Gasteiger charge is 2.40. The second-order valence-electron chi connectivity index (χ2n) is 7.77. The van der Waals surface area contributed by atoms with Crippen LogP contribution in [0.1, 0.15) is 23.5 Å². The fraction of sp³-hybridized carbons (Fsp3) is 0.364. The van der Waals surface area contributed by atoms with Gasteiger partial charge in [-0.15, -0.1) is 12.4 Å². The Morgan fingerprint density at radius 3 is 2.31 bits per heavy atom. The van der Waals surface area contributed by atoms with Crippen LogP contribution in [0, 0.1) is 0 Å². The van der Waals surface area contributed by atoms with Gasteiger partial charge in [-0.05, 0) is 35.9 Å². The van der Waals surface area contributed by atoms with Gasteiger partial charge < -0.3 is 4.90 Å². The van der Waals surface area contributed by atoms with Crippen LogP contribution in [-0.2, 0) is 15.8 Å². The van der Waals surface area contributed by atoms with E-state index in [4.69, 9.17) is 11.6 Å². The zero-order valence-electron chi connectivity index (χ0n) is 17.0. The van der Waals surface area contributed by atoms with Crippen LogP contribution in [0.15, 0.2) is 48.5 Å². The summed E-state index contributed by atoms with van der Waals surface area (Å²) in [6.07, 6.45) is -4.27. The standard InChI is InChI=1S/C22H21ClF3N3O2.ClH/c23-17-5-1-3-15(11-17)19-13-20(30)29(21(19)31)14-27-7-9-28(10-8-27)18-6-2-4-16(12-18)22(24,25)26;/h1-6,11-12,19H,7-10,13-14H2;1H. The molecule has 172 valence electrons. The fourth-order valence-electron chi connectivity index (χ4n) is 4.04. The van der Waals surface area contributed by atoms with Crippen molar-refractivity contribution in [1.29, 1.82) is 0 Å². The van der Waals surface area contributed by atoms with E-state index in [1.807, 2.05) is 9.80 Å². The number of piperazine rings is 1. The molecule has 2 aromatic rings. The number of anilines is 1. The van der Waals surface area contributed by atoms with Crippen LogP contribution in [0.2, 0.25) is 5.02 Å². The van der Waals surface area contributed by atoms with Crippen molar-refractivity contribution < 1.29 is 22.8 Å². The molecular formula is C22H22Cl2F3N3O2. The van der Waals surface area contributed by atoms with Crippen LogP contribution in [-0.4, -0.2) is 54.5 Å². The monoisotopic (exact) mass is 487 g/mol. The van der Waals surface area contributed by atoms with E-state index in [0.29, 0.717) is 36.9 Å². The minimum Gasteiger partial charge on any atom is -0.369 e. The lowest BCUT2D eigenvalue weighted by molar-refractivity contribution is -0.141. The molecule has 0 aromatic heterocycles. The predicted octanol–water partition coefficient (Wildman–Crippen LogP) is 4.40. The van der Waals surface area contributed by atoms with E-state index >= 15 is 0 Å². The molecule has 1 unspecified atom stereocenters. The summed E-state index contributed by atoms with van der Waals surface area (Å²) >= 11 is 6.01. The number of likely N-dealkylation sites (tertiary alicyclic amines) is 1. The highest BCUT2D eigenvalue weighted by atomic mass is 35.5. The van der Waals surface area contributed by atoms with E-state index in [9.17, 15) is 22.8 Å². The van der Waals surface area contributed by atoms with Gasteiger partial charge in [-0.2, -0.15) is 13.2 Å². The Kier molecular flexibility index (Phi) is 7.37. The maximum atomic E-state index is 13.0. The van der Waals surface area contributed by atoms with Gasteiger partial charge in [-0.3, -0.25) is 19.4 Å². The van der Waals surface area contributed by atoms with Gasteiger partial charge in [0.25, 0.3) is 0 Å². The maximum absolute atomic E-state index is 13.0. The highest BCUT2D eigenvalue weighted by molar-refractivity contribution is 6.30. The molecule has 2 aliphatic heterocycles. The molecule has 2 amide bonds. The molecule has 0 N–H and O–H groups in total. The van der Waals surface area contributed by atoms with Gasteiger partial charge >= 0.3 is 6.18 Å². The van der Waals surface area contributed by atoms with Crippen molar-refractivity contribution in [2.75, 3.05) is 37.7 Å². The Labute approximate surface area is 195 Å². The summed E-state index contributed by atoms with van der Waals surface area (Å²) in [5.41, 5.74) is 0.569. The van der Waals surface area contributed by atoms with Crippen LogP contribution in [0.3, 0.4) is 0 Å². The largest absolute Gasteiger partial charge is 0.416 e. The number of imide groups is 1. The summed E-state index contributed by atoms with van der Waals surface area (Å²) in [5, 5.41) is 0.516. The summed E-state index contributed by atoms with van der Waals surface area (Å²) in [6.45, 7) is 2.28. The summed E-state index contributed by atoms with van der Waals surface area (Å²) < 4.78 is 38.9. The van der Waals surface area contributed by atoms with Crippen molar-refractivity contribution in [3.05, 3.63) is 64.7 Å². The molecule has 10 heteroatoms. The van der Waals surface area contributed by atoms with Gasteiger partial charge in [0.05, 0.1) is 18.2 Å². The zero-order chi connectivity index (χ0) is 22.2. The molecule has 0 aliphatic carbocycles. The minimum atomic E-state index is -4.38. The molecular weight excluding hydrogens is 466 g/mol. The molecule has 32 heavy (non-hydrogen) atoms. The SMILES string of the molecule is Cl.O=C1CC(c2cccc(Cl)c2)C(=O)N1CN1CCN(c2cccc(C(F)(F)F)c2)CC1. The Morgan fingerprint density at radius 2 is 1.66 bits per heavy atom. The second kappa shape index (κ2) is 9.68. The van der Waals surface area contributed by atoms with Crippen LogP contribution in [0.5, 0.6) is 0 Å². The van der Waals surface area contributed by atoms with Crippen molar-refractivity contribution in [2.45, 2.75) is 18.5 Å². The van der Waals surface area contributed by atoms with Crippen LogP contribution < -0.4 is 4.90 Å². The van der Waals surface area contributed by atoms with E-state index in [0.717, 1.165) is 17.7 Å². The first-order valence-electron chi connectivity index (χ1n) is 9.96. The van der Waals surface area contributed by atoms with Crippen molar-refractivity contribution in [2.24, 2.45) is 0 Å². The predicted molar refractivity (Wildman–Crippen MR) is 118 cm³/mol. The van der Waals surface area contributed by atoms with Gasteiger partial charge in [-0.25, -0.2) is 0 Å². The first-order valence-corrected chi connectivity index (χ1v) is 10.3. The zero-order valence-corrected chi connectivity index (χ0v) is 18.6. The van der Waals surface area contributed by atoms with Crippen molar-refractivity contribution in [3.8, 4) is 0 Å². The van der Waals surface area contributed by atoms with Crippen LogP contribution >= 0.6 is 24.0 Å². The molecule has 2 saturated heterocycles. The van der Waals surface area contributed by atoms with Crippen molar-refractivity contribution >= 4 is 41.5 Å². The number of nitrogens with zero attached hydrogens (tertiary/aromatic N) is 3. The molecule has 2 aromatic carbocycles. The average molecular weight is 488 g/mol. The number of carbonyl (C=O) groups excluding carboxylic acids is 2. The highest BCUT2D eigenvalue weighted by Crippen LogP contribution is 2.33. The number of amides is 2. The molecule has 0 spiro atoms. The molecule has 2 fully saturated rings. The molecule has 1 atom stereocenters. The second-order valence-corrected chi connectivity index (χ2v) is 8.20. The Morgan fingerprint density at radius 1 is 0.969 bits per heavy atom. The molecule has 4 rings (SSSR count). The van der Waals surface area contributed by atoms with E-state index in [1.165, 1.54) is 11.0 Å². The number of alkyl halides is 3. The number of hydrogen-bond acceptors (Lipinski definition) is 4. The molecule has 2 heterocycles. The van der Waals surface area contributed by atoms with Crippen molar-refractivity contribution in [1.82, 2.24) is 9.80 Å². The minimum absolute atomic E-state index is 0. The Balaban J connectivity index is 0.00000289. The first-order chi connectivity index (χ1) is 14.7. The lowest BCUT2D eigenvalue weighted by atomic mass is 9.98. The third-order valence-corrected chi connectivity index (χ3v) is 5.98. The summed E-state index contributed by atoms with van der Waals surface area (Å²) in [7, 11) is 0. The number of benzene rings is 2. The van der Waals surface area contributed by atoms with Crippen LogP contribution in [0.4, 0.5) is 18.9 Å². The Hall–Kier alpha value is -2.29. The number of carbonyl (C=O) groups is 2. The third-order valence-electron chi connectivity index (χ3n) is 5.75. The lowest BCUT2D eigenvalue weighted by Gasteiger charge is -2.37. The smallest absolute Gasteiger partial charge is 0.369 e. The molecule has 0 saturated carbocycles. The number of halogens is 5.